The number of benzene rings is 10. The first kappa shape index (κ1) is 41.7. The molecule has 10 aromatic carbocycles. The molecule has 11 rings (SSSR count). The lowest BCUT2D eigenvalue weighted by Gasteiger charge is -2.37. The van der Waals surface area contributed by atoms with Gasteiger partial charge in [-0.05, 0) is 127 Å². The van der Waals surface area contributed by atoms with E-state index in [0.29, 0.717) is 0 Å². The molecular weight excluding hydrogens is 807 g/mol. The molecule has 0 fully saturated rings. The number of rotatable bonds is 12. The minimum absolute atomic E-state index is 0.0869. The van der Waals surface area contributed by atoms with Gasteiger partial charge in [-0.15, -0.1) is 0 Å². The molecule has 322 valence electrons. The van der Waals surface area contributed by atoms with Crippen LogP contribution in [0.2, 0.25) is 0 Å². The van der Waals surface area contributed by atoms with Crippen LogP contribution in [-0.4, -0.2) is 0 Å². The molecule has 1 aliphatic rings. The van der Waals surface area contributed by atoms with Gasteiger partial charge in [0.05, 0.1) is 5.41 Å². The van der Waals surface area contributed by atoms with Gasteiger partial charge in [0.15, 0.2) is 0 Å². The van der Waals surface area contributed by atoms with Gasteiger partial charge in [-0.2, -0.15) is 0 Å². The predicted molar refractivity (Wildman–Crippen MR) is 285 cm³/mol. The summed E-state index contributed by atoms with van der Waals surface area (Å²) >= 11 is 0. The molecule has 67 heavy (non-hydrogen) atoms. The normalized spacial score (nSPS) is 12.8. The Hall–Kier alpha value is -8.00. The van der Waals surface area contributed by atoms with Crippen LogP contribution >= 0.6 is 0 Å². The van der Waals surface area contributed by atoms with E-state index in [2.05, 4.69) is 280 Å². The molecule has 1 aliphatic carbocycles. The molecule has 0 aliphatic heterocycles. The van der Waals surface area contributed by atoms with E-state index in [0.717, 1.165) is 24.2 Å². The lowest BCUT2D eigenvalue weighted by Crippen LogP contribution is -2.30. The summed E-state index contributed by atoms with van der Waals surface area (Å²) in [6.45, 7) is 4.72. The summed E-state index contributed by atoms with van der Waals surface area (Å²) in [5, 5.41) is 2.49. The minimum atomic E-state index is -0.484. The first-order valence-electron chi connectivity index (χ1n) is 23.8. The summed E-state index contributed by atoms with van der Waals surface area (Å²) in [7, 11) is 0. The third kappa shape index (κ3) is 7.19. The number of hydrogen-bond donors (Lipinski definition) is 0. The molecule has 0 spiro atoms. The van der Waals surface area contributed by atoms with Crippen LogP contribution in [0.25, 0.3) is 45.2 Å². The van der Waals surface area contributed by atoms with E-state index >= 15 is 0 Å². The zero-order valence-corrected chi connectivity index (χ0v) is 38.2. The fourth-order valence-electron chi connectivity index (χ4n) is 11.2. The van der Waals surface area contributed by atoms with Crippen LogP contribution < -0.4 is 4.90 Å². The molecule has 0 unspecified atom stereocenters. The maximum absolute atomic E-state index is 2.46. The highest BCUT2D eigenvalue weighted by atomic mass is 15.1. The number of anilines is 3. The second-order valence-corrected chi connectivity index (χ2v) is 17.8. The molecule has 0 aromatic heterocycles. The van der Waals surface area contributed by atoms with Crippen molar-refractivity contribution < 1.29 is 0 Å². The number of hydrogen-bond acceptors (Lipinski definition) is 1. The molecule has 1 nitrogen and oxygen atoms in total. The van der Waals surface area contributed by atoms with Crippen LogP contribution in [-0.2, 0) is 10.8 Å². The zero-order chi connectivity index (χ0) is 45.2. The Morgan fingerprint density at radius 1 is 0.373 bits per heavy atom. The Morgan fingerprint density at radius 2 is 0.821 bits per heavy atom. The highest BCUT2D eigenvalue weighted by molar-refractivity contribution is 6.02. The number of nitrogens with zero attached hydrogens (tertiary/aromatic N) is 1. The van der Waals surface area contributed by atoms with Crippen molar-refractivity contribution in [3.05, 3.63) is 293 Å². The summed E-state index contributed by atoms with van der Waals surface area (Å²) in [6.07, 6.45) is 6.66. The first-order valence-corrected chi connectivity index (χ1v) is 23.8. The number of fused-ring (bicyclic) bond motifs is 4. The van der Waals surface area contributed by atoms with Crippen molar-refractivity contribution in [2.75, 3.05) is 4.90 Å². The third-order valence-corrected chi connectivity index (χ3v) is 14.5. The highest BCUT2D eigenvalue weighted by Crippen LogP contribution is 2.55. The van der Waals surface area contributed by atoms with E-state index in [1.165, 1.54) is 83.2 Å². The van der Waals surface area contributed by atoms with Crippen LogP contribution in [0.15, 0.2) is 249 Å². The van der Waals surface area contributed by atoms with Crippen molar-refractivity contribution >= 4 is 40.0 Å². The lowest BCUT2D eigenvalue weighted by molar-refractivity contribution is 0.490. The molecule has 0 amide bonds. The van der Waals surface area contributed by atoms with Gasteiger partial charge in [0.1, 0.15) is 0 Å². The largest absolute Gasteiger partial charge is 0.310 e. The van der Waals surface area contributed by atoms with Crippen LogP contribution in [0.1, 0.15) is 71.2 Å². The Morgan fingerprint density at radius 3 is 1.36 bits per heavy atom. The van der Waals surface area contributed by atoms with Crippen LogP contribution in [0.4, 0.5) is 17.1 Å². The summed E-state index contributed by atoms with van der Waals surface area (Å²) in [4.78, 5) is 2.38. The smallest absolute Gasteiger partial charge is 0.0701 e. The Labute approximate surface area is 396 Å². The van der Waals surface area contributed by atoms with Gasteiger partial charge in [0, 0.05) is 22.5 Å². The summed E-state index contributed by atoms with van der Waals surface area (Å²) in [5.41, 5.74) is 18.3. The van der Waals surface area contributed by atoms with Gasteiger partial charge in [0.2, 0.25) is 0 Å². The average molecular weight is 860 g/mol. The molecule has 1 heteroatoms. The van der Waals surface area contributed by atoms with Gasteiger partial charge in [-0.1, -0.05) is 238 Å². The van der Waals surface area contributed by atoms with Crippen LogP contribution in [0.5, 0.6) is 0 Å². The zero-order valence-electron chi connectivity index (χ0n) is 38.2. The lowest BCUT2D eigenvalue weighted by atomic mass is 9.65. The van der Waals surface area contributed by atoms with Crippen LogP contribution in [0, 0.1) is 0 Å². The number of para-hydroxylation sites is 2. The molecule has 0 N–H and O–H groups in total. The maximum Gasteiger partial charge on any atom is 0.0701 e. The molecular formula is C66H53N. The molecule has 0 saturated heterocycles. The fraction of sp³-hybridized carbons (Fsp3) is 0.0909. The van der Waals surface area contributed by atoms with Gasteiger partial charge < -0.3 is 4.90 Å². The van der Waals surface area contributed by atoms with Crippen molar-refractivity contribution in [2.45, 2.75) is 37.5 Å². The van der Waals surface area contributed by atoms with E-state index < -0.39 is 5.41 Å². The Kier molecular flexibility index (Phi) is 11.1. The molecule has 0 radical (unpaired) electrons. The van der Waals surface area contributed by atoms with E-state index in [1.807, 2.05) is 0 Å². The molecule has 0 bridgehead atoms. The van der Waals surface area contributed by atoms with Crippen molar-refractivity contribution in [1.82, 2.24) is 0 Å². The van der Waals surface area contributed by atoms with Crippen molar-refractivity contribution in [3.63, 3.8) is 0 Å². The van der Waals surface area contributed by atoms with Crippen molar-refractivity contribution in [2.24, 2.45) is 0 Å². The van der Waals surface area contributed by atoms with Gasteiger partial charge in [-0.3, -0.25) is 0 Å². The Balaban J connectivity index is 0.936. The predicted octanol–water partition coefficient (Wildman–Crippen LogP) is 17.6. The van der Waals surface area contributed by atoms with E-state index in [-0.39, 0.29) is 5.41 Å². The van der Waals surface area contributed by atoms with Gasteiger partial charge in [-0.25, -0.2) is 0 Å². The van der Waals surface area contributed by atoms with E-state index in [4.69, 9.17) is 0 Å². The van der Waals surface area contributed by atoms with Crippen molar-refractivity contribution in [3.8, 4) is 22.3 Å². The molecule has 0 atom stereocenters. The monoisotopic (exact) mass is 859 g/mol. The average Bonchev–Trinajstić information content (AvgIpc) is 3.68. The minimum Gasteiger partial charge on any atom is -0.310 e. The topological polar surface area (TPSA) is 3.24 Å². The molecule has 0 heterocycles. The summed E-state index contributed by atoms with van der Waals surface area (Å²) in [5.74, 6) is 0. The van der Waals surface area contributed by atoms with Gasteiger partial charge in [0.25, 0.3) is 0 Å². The second-order valence-electron chi connectivity index (χ2n) is 17.8. The van der Waals surface area contributed by atoms with Gasteiger partial charge >= 0.3 is 0 Å². The van der Waals surface area contributed by atoms with E-state index in [1.54, 1.807) is 0 Å². The second kappa shape index (κ2) is 17.8. The first-order chi connectivity index (χ1) is 33.1. The quantitative estimate of drug-likeness (QED) is 0.0874. The SMILES string of the molecule is CCC1(CC)c2cc(/C=C/c3ccc(-c4ccc(C(c5ccccc5)(c5ccccc5)c5ccccc5)cc4)c4ccccc34)ccc2-c2ccc(N(c3ccccc3)c3ccccc3)cc21. The summed E-state index contributed by atoms with van der Waals surface area (Å²) < 4.78 is 0. The molecule has 10 aromatic rings. The maximum atomic E-state index is 2.46. The third-order valence-electron chi connectivity index (χ3n) is 14.5. The Bertz CT molecular complexity index is 3200. The highest BCUT2D eigenvalue weighted by Gasteiger charge is 2.41. The summed E-state index contributed by atoms with van der Waals surface area (Å²) in [6, 6.07) is 91.3. The standard InChI is InChI=1S/C66H53N/c1-3-65(4-2)63-46-48(35-43-61(63)62-45-42-57(47-64(62)65)67(55-28-16-8-17-29-55)56-30-18-9-19-31-56)34-36-49-39-44-59(60-33-21-20-32-58(49)60)50-37-40-54(41-38-50)66(51-22-10-5-11-23-51,52-24-12-6-13-25-52)53-26-14-7-15-27-53/h5-47H,3-4H2,1-2H3/b36-34+. The van der Waals surface area contributed by atoms with E-state index in [9.17, 15) is 0 Å². The van der Waals surface area contributed by atoms with Crippen molar-refractivity contribution in [1.29, 1.82) is 0 Å². The van der Waals surface area contributed by atoms with Crippen LogP contribution in [0.3, 0.4) is 0 Å². The fourth-order valence-corrected chi connectivity index (χ4v) is 11.2. The molecule has 0 saturated carbocycles.